The van der Waals surface area contributed by atoms with Gasteiger partial charge in [-0.05, 0) is 39.5 Å². The number of carbonyl (C=O) groups is 6. The van der Waals surface area contributed by atoms with Gasteiger partial charge in [0.2, 0.25) is 41.1 Å². The molecule has 5 N–H and O–H groups in total. The van der Waals surface area contributed by atoms with Gasteiger partial charge < -0.3 is 69.2 Å². The second kappa shape index (κ2) is 37.5. The number of unbranched alkanes of at least 4 members (excludes halogenated alkanes) is 1. The van der Waals surface area contributed by atoms with Crippen LogP contribution in [0.15, 0.2) is 0 Å². The van der Waals surface area contributed by atoms with Crippen LogP contribution in [0.25, 0.3) is 0 Å². The van der Waals surface area contributed by atoms with Gasteiger partial charge in [0.05, 0.1) is 105 Å². The topological polar surface area (TPSA) is 246 Å². The third-order valence-corrected chi connectivity index (χ3v) is 9.38. The first-order valence-electron chi connectivity index (χ1n) is 22.9. The molecule has 1 atom stereocenters. The van der Waals surface area contributed by atoms with Crippen molar-refractivity contribution in [3.05, 3.63) is 28.6 Å². The maximum atomic E-state index is 14.0. The third kappa shape index (κ3) is 28.4. The van der Waals surface area contributed by atoms with Crippen LogP contribution in [0, 0.1) is 17.5 Å². The molecule has 1 aliphatic carbocycles. The molecule has 1 aromatic rings. The first-order valence-corrected chi connectivity index (χ1v) is 22.9. The number of hydrogen-bond donors (Lipinski definition) is 5. The van der Waals surface area contributed by atoms with Gasteiger partial charge >= 0.3 is 5.97 Å². The molecule has 2 rings (SSSR count). The van der Waals surface area contributed by atoms with Crippen molar-refractivity contribution in [2.24, 2.45) is 0 Å². The minimum atomic E-state index is -1.52. The molecule has 0 aromatic heterocycles. The lowest BCUT2D eigenvalue weighted by molar-refractivity contribution is -0.136. The summed E-state index contributed by atoms with van der Waals surface area (Å²) in [5, 5.41) is 13.5. The van der Waals surface area contributed by atoms with E-state index in [0.717, 1.165) is 0 Å². The molecular formula is C44H70F3N5O15. The molecule has 0 spiro atoms. The van der Waals surface area contributed by atoms with Gasteiger partial charge in [0.25, 0.3) is 0 Å². The Balaban J connectivity index is 1.55. The standard InChI is InChI=1S/C44H70F3N5O15/c1-3-59-20-22-61-16-10-35(53)48-13-6-5-8-34(52-37(55)9-7-14-49-36(54)11-17-62-23-21-60-4-2)44(58)51-31-38(56)50-15-19-64-25-27-66-29-28-65-26-24-63-18-12-39(57)67-43-41(46)33-30-32(33)40(45)42(43)47/h34H,3-31H2,1-2H3,(H,48,53)(H,49,54)(H,50,56)(H,51,58)(H,52,55)/t34-/m0/s1. The minimum Gasteiger partial charge on any atom is -0.420 e. The fourth-order valence-electron chi connectivity index (χ4n) is 5.75. The predicted molar refractivity (Wildman–Crippen MR) is 234 cm³/mol. The summed E-state index contributed by atoms with van der Waals surface area (Å²) < 4.78 is 88.8. The minimum absolute atomic E-state index is 0.00395. The van der Waals surface area contributed by atoms with Crippen LogP contribution in [-0.4, -0.2) is 173 Å². The maximum absolute atomic E-state index is 14.0. The zero-order chi connectivity index (χ0) is 48.9. The molecule has 0 radical (unpaired) electrons. The average molecular weight is 966 g/mol. The molecule has 1 aromatic carbocycles. The van der Waals surface area contributed by atoms with Gasteiger partial charge in [-0.2, -0.15) is 4.39 Å². The Hall–Kier alpha value is -4.49. The summed E-state index contributed by atoms with van der Waals surface area (Å²) >= 11 is 0. The molecule has 20 nitrogen and oxygen atoms in total. The van der Waals surface area contributed by atoms with Crippen molar-refractivity contribution < 1.29 is 84.6 Å². The quantitative estimate of drug-likeness (QED) is 0.0271. The van der Waals surface area contributed by atoms with Crippen molar-refractivity contribution in [2.45, 2.75) is 77.7 Å². The number of rotatable bonds is 43. The van der Waals surface area contributed by atoms with E-state index in [-0.39, 0.29) is 147 Å². The molecule has 0 heterocycles. The van der Waals surface area contributed by atoms with E-state index in [1.54, 1.807) is 0 Å². The Morgan fingerprint density at radius 2 is 0.955 bits per heavy atom. The normalized spacial score (nSPS) is 12.0. The number of fused-ring (bicyclic) bond motifs is 1. The van der Waals surface area contributed by atoms with Crippen molar-refractivity contribution in [1.82, 2.24) is 26.6 Å². The SMILES string of the molecule is CCOCCOCCC(=O)NCCCC[C@H](NC(=O)CCCNC(=O)CCOCCOCC)C(=O)NCC(=O)NCCOCCOCCOCCOCCC(=O)Oc1c(F)c(F)c2c(c1F)C2. The molecule has 0 fully saturated rings. The summed E-state index contributed by atoms with van der Waals surface area (Å²) in [5.74, 6) is -7.59. The lowest BCUT2D eigenvalue weighted by atomic mass is 10.1. The lowest BCUT2D eigenvalue weighted by Gasteiger charge is -2.19. The van der Waals surface area contributed by atoms with Crippen LogP contribution in [0.4, 0.5) is 13.2 Å². The number of hydrogen-bond acceptors (Lipinski definition) is 15. The van der Waals surface area contributed by atoms with Gasteiger partial charge in [0.1, 0.15) is 6.04 Å². The second-order valence-corrected chi connectivity index (χ2v) is 14.7. The van der Waals surface area contributed by atoms with Crippen molar-refractivity contribution in [1.29, 1.82) is 0 Å². The first-order chi connectivity index (χ1) is 32.5. The van der Waals surface area contributed by atoms with Gasteiger partial charge in [-0.3, -0.25) is 28.8 Å². The van der Waals surface area contributed by atoms with Crippen molar-refractivity contribution in [3.8, 4) is 5.75 Å². The number of esters is 1. The zero-order valence-corrected chi connectivity index (χ0v) is 38.8. The van der Waals surface area contributed by atoms with E-state index in [1.165, 1.54) is 0 Å². The van der Waals surface area contributed by atoms with Crippen LogP contribution in [0.3, 0.4) is 0 Å². The summed E-state index contributed by atoms with van der Waals surface area (Å²) in [6.07, 6.45) is 1.73. The van der Waals surface area contributed by atoms with E-state index in [9.17, 15) is 41.9 Å². The van der Waals surface area contributed by atoms with Crippen LogP contribution in [0.5, 0.6) is 5.75 Å². The first kappa shape index (κ1) is 58.6. The van der Waals surface area contributed by atoms with Gasteiger partial charge in [-0.25, -0.2) is 8.78 Å². The highest BCUT2D eigenvalue weighted by Crippen LogP contribution is 2.40. The lowest BCUT2D eigenvalue weighted by Crippen LogP contribution is -2.49. The molecule has 0 saturated carbocycles. The van der Waals surface area contributed by atoms with Gasteiger partial charge in [-0.15, -0.1) is 0 Å². The number of benzene rings is 1. The van der Waals surface area contributed by atoms with Gasteiger partial charge in [0.15, 0.2) is 11.6 Å². The number of ether oxygens (including phenoxy) is 9. The number of amides is 5. The Bertz CT molecular complexity index is 1630. The summed E-state index contributed by atoms with van der Waals surface area (Å²) in [5.41, 5.74) is -0.0438. The molecule has 0 bridgehead atoms. The Morgan fingerprint density at radius 1 is 0.478 bits per heavy atom. The van der Waals surface area contributed by atoms with Gasteiger partial charge in [-0.1, -0.05) is 0 Å². The maximum Gasteiger partial charge on any atom is 0.313 e. The van der Waals surface area contributed by atoms with E-state index >= 15 is 0 Å². The average Bonchev–Trinajstić information content (AvgIpc) is 4.12. The van der Waals surface area contributed by atoms with Crippen molar-refractivity contribution in [3.63, 3.8) is 0 Å². The van der Waals surface area contributed by atoms with Crippen LogP contribution >= 0.6 is 0 Å². The molecule has 0 aliphatic heterocycles. The molecular weight excluding hydrogens is 895 g/mol. The Kier molecular flexibility index (Phi) is 32.8. The van der Waals surface area contributed by atoms with E-state index < -0.39 is 52.9 Å². The fourth-order valence-corrected chi connectivity index (χ4v) is 5.75. The summed E-state index contributed by atoms with van der Waals surface area (Å²) in [6.45, 7) is 9.03. The number of nitrogens with one attached hydrogen (secondary N) is 5. The summed E-state index contributed by atoms with van der Waals surface area (Å²) in [6, 6.07) is -0.938. The summed E-state index contributed by atoms with van der Waals surface area (Å²) in [4.78, 5) is 74.4. The molecule has 0 unspecified atom stereocenters. The highest BCUT2D eigenvalue weighted by molar-refractivity contribution is 5.90. The van der Waals surface area contributed by atoms with E-state index in [2.05, 4.69) is 31.3 Å². The van der Waals surface area contributed by atoms with Crippen molar-refractivity contribution in [2.75, 3.05) is 132 Å². The Labute approximate surface area is 390 Å². The smallest absolute Gasteiger partial charge is 0.313 e. The Morgan fingerprint density at radius 3 is 1.52 bits per heavy atom. The van der Waals surface area contributed by atoms with Crippen LogP contribution in [0.1, 0.15) is 76.3 Å². The largest absolute Gasteiger partial charge is 0.420 e. The van der Waals surface area contributed by atoms with Crippen LogP contribution in [0.2, 0.25) is 0 Å². The fraction of sp³-hybridized carbons (Fsp3) is 0.727. The molecule has 5 amide bonds. The predicted octanol–water partition coefficient (Wildman–Crippen LogP) is 1.16. The number of halogens is 3. The highest BCUT2D eigenvalue weighted by atomic mass is 19.2. The van der Waals surface area contributed by atoms with E-state index in [4.69, 9.17) is 37.9 Å². The van der Waals surface area contributed by atoms with Crippen LogP contribution < -0.4 is 31.3 Å². The number of carbonyl (C=O) groups excluding carboxylic acids is 6. The summed E-state index contributed by atoms with van der Waals surface area (Å²) in [7, 11) is 0. The zero-order valence-electron chi connectivity index (χ0n) is 38.8. The highest BCUT2D eigenvalue weighted by Gasteiger charge is 2.35. The van der Waals surface area contributed by atoms with Crippen LogP contribution in [-0.2, 0) is 73.1 Å². The molecule has 67 heavy (non-hydrogen) atoms. The molecule has 382 valence electrons. The molecule has 23 heteroatoms. The van der Waals surface area contributed by atoms with Gasteiger partial charge in [0, 0.05) is 69.7 Å². The molecule has 1 aliphatic rings. The third-order valence-electron chi connectivity index (χ3n) is 9.38. The van der Waals surface area contributed by atoms with E-state index in [0.29, 0.717) is 65.4 Å². The van der Waals surface area contributed by atoms with E-state index in [1.807, 2.05) is 13.8 Å². The monoisotopic (exact) mass is 965 g/mol. The van der Waals surface area contributed by atoms with Crippen molar-refractivity contribution >= 4 is 35.5 Å². The second-order valence-electron chi connectivity index (χ2n) is 14.7. The molecule has 0 saturated heterocycles.